The van der Waals surface area contributed by atoms with Crippen LogP contribution in [0.3, 0.4) is 0 Å². The topological polar surface area (TPSA) is 43.3 Å². The largest absolute Gasteiger partial charge is 0.325 e. The fraction of sp³-hybridized carbons (Fsp3) is 0.167. The summed E-state index contributed by atoms with van der Waals surface area (Å²) in [5, 5.41) is 2.02. The maximum Gasteiger partial charge on any atom is 0.125 e. The molecule has 2 rings (SSSR count). The highest BCUT2D eigenvalue weighted by Crippen LogP contribution is 2.23. The van der Waals surface area contributed by atoms with Crippen molar-refractivity contribution in [1.82, 2.24) is 9.38 Å². The van der Waals surface area contributed by atoms with Gasteiger partial charge in [0.05, 0.1) is 5.69 Å². The van der Waals surface area contributed by atoms with Crippen LogP contribution >= 0.6 is 27.3 Å². The Labute approximate surface area is 76.0 Å². The molecule has 0 aliphatic rings. The van der Waals surface area contributed by atoms with Gasteiger partial charge in [-0.25, -0.2) is 4.98 Å². The summed E-state index contributed by atoms with van der Waals surface area (Å²) < 4.78 is 3.01. The Morgan fingerprint density at radius 3 is 3.27 bits per heavy atom. The Balaban J connectivity index is 2.77. The minimum absolute atomic E-state index is 0.503. The Hall–Kier alpha value is -0.390. The fourth-order valence-corrected chi connectivity index (χ4v) is 2.47. The van der Waals surface area contributed by atoms with Crippen LogP contribution in [0, 0.1) is 0 Å². The first-order valence-electron chi connectivity index (χ1n) is 3.12. The number of nitrogens with zero attached hydrogens (tertiary/aromatic N) is 2. The van der Waals surface area contributed by atoms with Crippen molar-refractivity contribution < 1.29 is 0 Å². The second kappa shape index (κ2) is 2.58. The van der Waals surface area contributed by atoms with Gasteiger partial charge >= 0.3 is 0 Å². The van der Waals surface area contributed by atoms with Crippen molar-refractivity contribution in [1.29, 1.82) is 0 Å². The SMILES string of the molecule is NCc1ncn2c(Br)csc12. The van der Waals surface area contributed by atoms with E-state index in [0.29, 0.717) is 6.54 Å². The summed E-state index contributed by atoms with van der Waals surface area (Å²) >= 11 is 5.05. The Bertz CT molecular complexity index is 378. The van der Waals surface area contributed by atoms with E-state index < -0.39 is 0 Å². The van der Waals surface area contributed by atoms with Crippen LogP contribution in [0.1, 0.15) is 5.69 Å². The zero-order chi connectivity index (χ0) is 7.84. The molecule has 11 heavy (non-hydrogen) atoms. The van der Waals surface area contributed by atoms with Gasteiger partial charge in [-0.1, -0.05) is 0 Å². The summed E-state index contributed by atoms with van der Waals surface area (Å²) in [5.74, 6) is 0. The van der Waals surface area contributed by atoms with E-state index in [0.717, 1.165) is 15.1 Å². The third kappa shape index (κ3) is 0.998. The molecular formula is C6H6BrN3S. The molecule has 2 heterocycles. The summed E-state index contributed by atoms with van der Waals surface area (Å²) in [6, 6.07) is 0. The number of halogens is 1. The predicted molar refractivity (Wildman–Crippen MR) is 48.7 cm³/mol. The van der Waals surface area contributed by atoms with E-state index in [4.69, 9.17) is 5.73 Å². The number of rotatable bonds is 1. The van der Waals surface area contributed by atoms with Crippen LogP contribution in [0.25, 0.3) is 4.83 Å². The molecule has 0 aliphatic carbocycles. The standard InChI is InChI=1S/C6H6BrN3S/c7-5-2-11-6-4(1-8)9-3-10(5)6/h2-3H,1,8H2. The van der Waals surface area contributed by atoms with Gasteiger partial charge < -0.3 is 5.73 Å². The Morgan fingerprint density at radius 2 is 2.55 bits per heavy atom. The number of aromatic nitrogens is 2. The summed E-state index contributed by atoms with van der Waals surface area (Å²) in [4.78, 5) is 5.28. The van der Waals surface area contributed by atoms with E-state index in [1.807, 2.05) is 9.78 Å². The predicted octanol–water partition coefficient (Wildman–Crippen LogP) is 1.62. The van der Waals surface area contributed by atoms with Crippen LogP contribution in [0.5, 0.6) is 0 Å². The third-order valence-electron chi connectivity index (χ3n) is 1.49. The van der Waals surface area contributed by atoms with E-state index in [9.17, 15) is 0 Å². The highest BCUT2D eigenvalue weighted by molar-refractivity contribution is 9.10. The second-order valence-corrected chi connectivity index (χ2v) is 3.80. The molecule has 0 bridgehead atoms. The molecule has 3 nitrogen and oxygen atoms in total. The van der Waals surface area contributed by atoms with Gasteiger partial charge in [-0.3, -0.25) is 4.40 Å². The number of hydrogen-bond acceptors (Lipinski definition) is 3. The van der Waals surface area contributed by atoms with Gasteiger partial charge in [0.15, 0.2) is 0 Å². The highest BCUT2D eigenvalue weighted by atomic mass is 79.9. The molecule has 58 valence electrons. The van der Waals surface area contributed by atoms with Crippen LogP contribution in [-0.4, -0.2) is 9.38 Å². The van der Waals surface area contributed by atoms with Crippen LogP contribution in [0.2, 0.25) is 0 Å². The minimum atomic E-state index is 0.503. The van der Waals surface area contributed by atoms with Crippen LogP contribution in [0.15, 0.2) is 16.3 Å². The van der Waals surface area contributed by atoms with E-state index in [1.54, 1.807) is 17.7 Å². The molecule has 0 spiro atoms. The van der Waals surface area contributed by atoms with Gasteiger partial charge in [0.2, 0.25) is 0 Å². The van der Waals surface area contributed by atoms with Crippen LogP contribution < -0.4 is 5.73 Å². The summed E-state index contributed by atoms with van der Waals surface area (Å²) in [7, 11) is 0. The lowest BCUT2D eigenvalue weighted by Gasteiger charge is -1.85. The molecule has 0 radical (unpaired) electrons. The maximum absolute atomic E-state index is 5.49. The van der Waals surface area contributed by atoms with Gasteiger partial charge in [-0.05, 0) is 15.9 Å². The van der Waals surface area contributed by atoms with Crippen LogP contribution in [0.4, 0.5) is 0 Å². The normalized spacial score (nSPS) is 11.1. The number of imidazole rings is 1. The second-order valence-electron chi connectivity index (χ2n) is 2.13. The first-order chi connectivity index (χ1) is 5.33. The molecule has 0 fully saturated rings. The molecule has 2 aromatic rings. The first-order valence-corrected chi connectivity index (χ1v) is 4.79. The Kier molecular flexibility index (Phi) is 1.71. The summed E-state index contributed by atoms with van der Waals surface area (Å²) in [6.45, 7) is 0.503. The van der Waals surface area contributed by atoms with Crippen molar-refractivity contribution in [3.8, 4) is 0 Å². The monoisotopic (exact) mass is 231 g/mol. The van der Waals surface area contributed by atoms with Gasteiger partial charge in [-0.15, -0.1) is 11.3 Å². The molecule has 0 unspecified atom stereocenters. The molecular weight excluding hydrogens is 226 g/mol. The van der Waals surface area contributed by atoms with Crippen molar-refractivity contribution in [2.75, 3.05) is 0 Å². The Morgan fingerprint density at radius 1 is 1.73 bits per heavy atom. The third-order valence-corrected chi connectivity index (χ3v) is 3.40. The van der Waals surface area contributed by atoms with Gasteiger partial charge in [0.25, 0.3) is 0 Å². The van der Waals surface area contributed by atoms with E-state index >= 15 is 0 Å². The number of hydrogen-bond donors (Lipinski definition) is 1. The van der Waals surface area contributed by atoms with Crippen molar-refractivity contribution in [3.05, 3.63) is 22.0 Å². The van der Waals surface area contributed by atoms with Gasteiger partial charge in [0, 0.05) is 11.9 Å². The molecule has 0 saturated heterocycles. The lowest BCUT2D eigenvalue weighted by Crippen LogP contribution is -1.95. The number of fused-ring (bicyclic) bond motifs is 1. The molecule has 2 N–H and O–H groups in total. The average molecular weight is 232 g/mol. The zero-order valence-corrected chi connectivity index (χ0v) is 8.02. The zero-order valence-electron chi connectivity index (χ0n) is 5.62. The average Bonchev–Trinajstić information content (AvgIpc) is 2.53. The summed E-state index contributed by atoms with van der Waals surface area (Å²) in [5.41, 5.74) is 6.44. The molecule has 0 amide bonds. The highest BCUT2D eigenvalue weighted by Gasteiger charge is 2.05. The number of nitrogens with two attached hydrogens (primary N) is 1. The minimum Gasteiger partial charge on any atom is -0.325 e. The van der Waals surface area contributed by atoms with Crippen molar-refractivity contribution in [2.45, 2.75) is 6.54 Å². The lowest BCUT2D eigenvalue weighted by atomic mass is 10.5. The molecule has 5 heteroatoms. The number of thiazole rings is 1. The lowest BCUT2D eigenvalue weighted by molar-refractivity contribution is 1.02. The van der Waals surface area contributed by atoms with Crippen molar-refractivity contribution in [2.24, 2.45) is 5.73 Å². The van der Waals surface area contributed by atoms with Gasteiger partial charge in [0.1, 0.15) is 15.8 Å². The smallest absolute Gasteiger partial charge is 0.125 e. The maximum atomic E-state index is 5.49. The molecule has 2 aromatic heterocycles. The van der Waals surface area contributed by atoms with Crippen LogP contribution in [-0.2, 0) is 6.54 Å². The quantitative estimate of drug-likeness (QED) is 0.811. The van der Waals surface area contributed by atoms with E-state index in [1.165, 1.54) is 0 Å². The van der Waals surface area contributed by atoms with E-state index in [2.05, 4.69) is 20.9 Å². The molecule has 0 aromatic carbocycles. The summed E-state index contributed by atoms with van der Waals surface area (Å²) in [6.07, 6.45) is 1.78. The molecule has 0 saturated carbocycles. The molecule has 0 aliphatic heterocycles. The van der Waals surface area contributed by atoms with Crippen molar-refractivity contribution >= 4 is 32.1 Å². The molecule has 0 atom stereocenters. The van der Waals surface area contributed by atoms with Gasteiger partial charge in [-0.2, -0.15) is 0 Å². The first kappa shape index (κ1) is 7.27. The fourth-order valence-electron chi connectivity index (χ4n) is 0.952. The van der Waals surface area contributed by atoms with Crippen molar-refractivity contribution in [3.63, 3.8) is 0 Å². The van der Waals surface area contributed by atoms with E-state index in [-0.39, 0.29) is 0 Å².